The summed E-state index contributed by atoms with van der Waals surface area (Å²) >= 11 is 6.24. The smallest absolute Gasteiger partial charge is 0.0453 e. The Morgan fingerprint density at radius 2 is 2.11 bits per heavy atom. The maximum atomic E-state index is 6.24. The zero-order chi connectivity index (χ0) is 13.1. The van der Waals surface area contributed by atoms with E-state index in [2.05, 4.69) is 43.2 Å². The summed E-state index contributed by atoms with van der Waals surface area (Å²) in [5.74, 6) is 0. The highest BCUT2D eigenvalue weighted by molar-refractivity contribution is 6.31. The Hall–Kier alpha value is -0.570. The van der Waals surface area contributed by atoms with Crippen molar-refractivity contribution in [3.8, 4) is 0 Å². The summed E-state index contributed by atoms with van der Waals surface area (Å²) in [5.41, 5.74) is 1.20. The first-order valence-electron chi connectivity index (χ1n) is 6.78. The molecule has 3 atom stereocenters. The lowest BCUT2D eigenvalue weighted by Gasteiger charge is -2.36. The molecule has 0 aromatic heterocycles. The van der Waals surface area contributed by atoms with Crippen LogP contribution >= 0.6 is 11.6 Å². The van der Waals surface area contributed by atoms with E-state index in [4.69, 9.17) is 11.6 Å². The number of hydrogen-bond acceptors (Lipinski definition) is 2. The molecule has 1 N–H and O–H groups in total. The van der Waals surface area contributed by atoms with Crippen molar-refractivity contribution in [3.05, 3.63) is 34.9 Å². The number of hydrogen-bond donors (Lipinski definition) is 1. The number of piperidine rings is 1. The molecule has 2 rings (SSSR count). The number of likely N-dealkylation sites (tertiary alicyclic amines) is 1. The third kappa shape index (κ3) is 3.25. The molecule has 0 amide bonds. The van der Waals surface area contributed by atoms with Gasteiger partial charge in [-0.1, -0.05) is 29.8 Å². The predicted octanol–water partition coefficient (Wildman–Crippen LogP) is 3.47. The monoisotopic (exact) mass is 266 g/mol. The molecule has 2 nitrogen and oxygen atoms in total. The Bertz CT molecular complexity index is 394. The highest BCUT2D eigenvalue weighted by Crippen LogP contribution is 2.24. The fraction of sp³-hybridized carbons (Fsp3) is 0.600. The number of benzene rings is 1. The largest absolute Gasteiger partial charge is 0.307 e. The van der Waals surface area contributed by atoms with Gasteiger partial charge in [-0.15, -0.1) is 0 Å². The third-order valence-corrected chi connectivity index (χ3v) is 4.41. The SMILES string of the molecule is CC1CC(N[C@H](C)c2ccccc2Cl)CCN1C. The third-order valence-electron chi connectivity index (χ3n) is 4.07. The number of rotatable bonds is 3. The summed E-state index contributed by atoms with van der Waals surface area (Å²) in [7, 11) is 2.21. The number of halogens is 1. The lowest BCUT2D eigenvalue weighted by atomic mass is 9.97. The molecule has 1 aliphatic rings. The maximum absolute atomic E-state index is 6.24. The van der Waals surface area contributed by atoms with Gasteiger partial charge in [-0.05, 0) is 51.9 Å². The highest BCUT2D eigenvalue weighted by Gasteiger charge is 2.24. The van der Waals surface area contributed by atoms with Gasteiger partial charge in [0.1, 0.15) is 0 Å². The van der Waals surface area contributed by atoms with Crippen LogP contribution in [0.4, 0.5) is 0 Å². The van der Waals surface area contributed by atoms with Gasteiger partial charge in [-0.25, -0.2) is 0 Å². The Morgan fingerprint density at radius 1 is 1.39 bits per heavy atom. The average molecular weight is 267 g/mol. The van der Waals surface area contributed by atoms with E-state index in [0.717, 1.165) is 5.02 Å². The van der Waals surface area contributed by atoms with Gasteiger partial charge >= 0.3 is 0 Å². The second-order valence-electron chi connectivity index (χ2n) is 5.46. The molecule has 0 bridgehead atoms. The summed E-state index contributed by atoms with van der Waals surface area (Å²) < 4.78 is 0. The van der Waals surface area contributed by atoms with Gasteiger partial charge in [0.15, 0.2) is 0 Å². The summed E-state index contributed by atoms with van der Waals surface area (Å²) in [5, 5.41) is 4.58. The van der Waals surface area contributed by atoms with Gasteiger partial charge in [0.05, 0.1) is 0 Å². The Labute approximate surface area is 115 Å². The van der Waals surface area contributed by atoms with E-state index in [0.29, 0.717) is 18.1 Å². The van der Waals surface area contributed by atoms with Crippen LogP contribution in [-0.2, 0) is 0 Å². The lowest BCUT2D eigenvalue weighted by molar-refractivity contribution is 0.163. The van der Waals surface area contributed by atoms with E-state index < -0.39 is 0 Å². The molecule has 1 aromatic rings. The molecule has 1 saturated heterocycles. The van der Waals surface area contributed by atoms with Gasteiger partial charge in [-0.2, -0.15) is 0 Å². The minimum Gasteiger partial charge on any atom is -0.307 e. The minimum atomic E-state index is 0.319. The standard InChI is InChI=1S/C15H23ClN2/c1-11-10-13(8-9-18(11)3)17-12(2)14-6-4-5-7-15(14)16/h4-7,11-13,17H,8-10H2,1-3H3/t11?,12-,13?/m1/s1. The summed E-state index contributed by atoms with van der Waals surface area (Å²) in [6.45, 7) is 5.67. The van der Waals surface area contributed by atoms with Crippen molar-refractivity contribution < 1.29 is 0 Å². The fourth-order valence-corrected chi connectivity index (χ4v) is 3.01. The number of nitrogens with zero attached hydrogens (tertiary/aromatic N) is 1. The van der Waals surface area contributed by atoms with Crippen LogP contribution < -0.4 is 5.32 Å². The molecule has 100 valence electrons. The van der Waals surface area contributed by atoms with Crippen molar-refractivity contribution in [1.82, 2.24) is 10.2 Å². The van der Waals surface area contributed by atoms with E-state index in [1.807, 2.05) is 12.1 Å². The normalized spacial score (nSPS) is 27.1. The van der Waals surface area contributed by atoms with Gasteiger partial charge in [0, 0.05) is 23.1 Å². The summed E-state index contributed by atoms with van der Waals surface area (Å²) in [4.78, 5) is 2.43. The molecule has 0 radical (unpaired) electrons. The van der Waals surface area contributed by atoms with Gasteiger partial charge < -0.3 is 10.2 Å². The molecule has 1 aromatic carbocycles. The first kappa shape index (κ1) is 13.9. The predicted molar refractivity (Wildman–Crippen MR) is 78.1 cm³/mol. The van der Waals surface area contributed by atoms with E-state index in [1.165, 1.54) is 24.9 Å². The molecule has 1 aliphatic heterocycles. The number of nitrogens with one attached hydrogen (secondary N) is 1. The molecule has 1 heterocycles. The molecular weight excluding hydrogens is 244 g/mol. The van der Waals surface area contributed by atoms with Gasteiger partial charge in [0.2, 0.25) is 0 Å². The van der Waals surface area contributed by atoms with E-state index in [9.17, 15) is 0 Å². The van der Waals surface area contributed by atoms with Gasteiger partial charge in [-0.3, -0.25) is 0 Å². The van der Waals surface area contributed by atoms with E-state index in [-0.39, 0.29) is 0 Å². The first-order valence-corrected chi connectivity index (χ1v) is 7.16. The van der Waals surface area contributed by atoms with Crippen LogP contribution in [0, 0.1) is 0 Å². The Morgan fingerprint density at radius 3 is 2.78 bits per heavy atom. The first-order chi connectivity index (χ1) is 8.58. The maximum Gasteiger partial charge on any atom is 0.0453 e. The van der Waals surface area contributed by atoms with E-state index >= 15 is 0 Å². The van der Waals surface area contributed by atoms with Crippen LogP contribution in [0.2, 0.25) is 5.02 Å². The molecule has 18 heavy (non-hydrogen) atoms. The second-order valence-corrected chi connectivity index (χ2v) is 5.87. The molecule has 1 fully saturated rings. The summed E-state index contributed by atoms with van der Waals surface area (Å²) in [6.07, 6.45) is 2.43. The van der Waals surface area contributed by atoms with Crippen molar-refractivity contribution in [2.45, 2.75) is 44.8 Å². The minimum absolute atomic E-state index is 0.319. The van der Waals surface area contributed by atoms with Crippen LogP contribution in [0.25, 0.3) is 0 Å². The second kappa shape index (κ2) is 6.05. The van der Waals surface area contributed by atoms with E-state index in [1.54, 1.807) is 0 Å². The molecular formula is C15H23ClN2. The Kier molecular flexibility index (Phi) is 4.66. The molecule has 0 saturated carbocycles. The molecule has 3 heteroatoms. The molecule has 0 spiro atoms. The van der Waals surface area contributed by atoms with Crippen molar-refractivity contribution in [2.24, 2.45) is 0 Å². The fourth-order valence-electron chi connectivity index (χ4n) is 2.71. The van der Waals surface area contributed by atoms with Crippen LogP contribution in [-0.4, -0.2) is 30.6 Å². The van der Waals surface area contributed by atoms with Crippen molar-refractivity contribution in [3.63, 3.8) is 0 Å². The van der Waals surface area contributed by atoms with Crippen molar-refractivity contribution in [1.29, 1.82) is 0 Å². The van der Waals surface area contributed by atoms with Crippen LogP contribution in [0.3, 0.4) is 0 Å². The van der Waals surface area contributed by atoms with Crippen LogP contribution in [0.15, 0.2) is 24.3 Å². The molecule has 0 aliphatic carbocycles. The average Bonchev–Trinajstić information content (AvgIpc) is 2.34. The van der Waals surface area contributed by atoms with Gasteiger partial charge in [0.25, 0.3) is 0 Å². The topological polar surface area (TPSA) is 15.3 Å². The Balaban J connectivity index is 1.96. The zero-order valence-electron chi connectivity index (χ0n) is 11.5. The zero-order valence-corrected chi connectivity index (χ0v) is 12.2. The van der Waals surface area contributed by atoms with Crippen molar-refractivity contribution in [2.75, 3.05) is 13.6 Å². The van der Waals surface area contributed by atoms with Crippen LogP contribution in [0.5, 0.6) is 0 Å². The highest BCUT2D eigenvalue weighted by atomic mass is 35.5. The summed E-state index contributed by atoms with van der Waals surface area (Å²) in [6, 6.07) is 9.69. The molecule has 2 unspecified atom stereocenters. The van der Waals surface area contributed by atoms with Crippen LogP contribution in [0.1, 0.15) is 38.3 Å². The lowest BCUT2D eigenvalue weighted by Crippen LogP contribution is -2.46. The van der Waals surface area contributed by atoms with Crippen molar-refractivity contribution >= 4 is 11.6 Å². The quantitative estimate of drug-likeness (QED) is 0.901.